The molecule has 3 aromatic heterocycles. The zero-order chi connectivity index (χ0) is 35.3. The van der Waals surface area contributed by atoms with Crippen molar-refractivity contribution in [3.63, 3.8) is 0 Å². The minimum absolute atomic E-state index is 0.131. The zero-order valence-corrected chi connectivity index (χ0v) is 30.3. The van der Waals surface area contributed by atoms with E-state index in [2.05, 4.69) is 99.6 Å². The van der Waals surface area contributed by atoms with Gasteiger partial charge in [-0.15, -0.1) is 11.3 Å². The standard InChI is InChI=1S/C44H37BN5S/c1-7-15-38-31(8-2)33(27(3)50(38)43-48-41(28-16-11-9-12-17-28)47-42(49-43)29-18-13-10-14-19-29)25-36(45-6)30-20-21-32-35(24-30)44(4,5)34-22-23-37-40(39(32)34)51-26-46-37/h7-26H,2H2,1,3-6H3/b15-7-,36-25-. The second-order valence-electron chi connectivity index (χ2n) is 13.3. The molecule has 3 heterocycles. The van der Waals surface area contributed by atoms with Gasteiger partial charge in [0.05, 0.1) is 21.4 Å². The SMILES string of the molecule is C=Cc1c(/C=C(\[B]C)c2ccc3c(c2)C(C)(C)c2ccc4ncsc4c2-3)c(C)n(-c2nc(-c3ccccc3)nc(-c3ccccc3)n2)c1/C=C\C. The molecule has 7 heteroatoms. The molecule has 0 spiro atoms. The average molecular weight is 679 g/mol. The average Bonchev–Trinajstić information content (AvgIpc) is 3.81. The summed E-state index contributed by atoms with van der Waals surface area (Å²) >= 11 is 1.72. The Morgan fingerprint density at radius 2 is 1.53 bits per heavy atom. The van der Waals surface area contributed by atoms with Gasteiger partial charge in [0.15, 0.2) is 11.6 Å². The van der Waals surface area contributed by atoms with Gasteiger partial charge in [0.25, 0.3) is 0 Å². The van der Waals surface area contributed by atoms with Crippen molar-refractivity contribution in [1.29, 1.82) is 0 Å². The summed E-state index contributed by atoms with van der Waals surface area (Å²) in [5.74, 6) is 1.80. The number of thiazole rings is 1. The topological polar surface area (TPSA) is 56.5 Å². The van der Waals surface area contributed by atoms with E-state index in [1.165, 1.54) is 32.5 Å². The van der Waals surface area contributed by atoms with Gasteiger partial charge in [0, 0.05) is 38.9 Å². The van der Waals surface area contributed by atoms with Gasteiger partial charge >= 0.3 is 0 Å². The Hall–Kier alpha value is -5.66. The molecule has 0 bridgehead atoms. The summed E-state index contributed by atoms with van der Waals surface area (Å²) in [6, 6.07) is 31.5. The predicted octanol–water partition coefficient (Wildman–Crippen LogP) is 11.1. The number of hydrogen-bond donors (Lipinski definition) is 0. The molecule has 4 aromatic carbocycles. The van der Waals surface area contributed by atoms with E-state index in [9.17, 15) is 0 Å². The van der Waals surface area contributed by atoms with Crippen molar-refractivity contribution in [2.75, 3.05) is 0 Å². The van der Waals surface area contributed by atoms with E-state index in [1.807, 2.05) is 79.2 Å². The first-order valence-electron chi connectivity index (χ1n) is 17.2. The van der Waals surface area contributed by atoms with Crippen LogP contribution in [0.15, 0.2) is 109 Å². The van der Waals surface area contributed by atoms with Gasteiger partial charge in [0.2, 0.25) is 5.95 Å². The summed E-state index contributed by atoms with van der Waals surface area (Å²) in [5.41, 5.74) is 16.4. The molecular weight excluding hydrogens is 641 g/mol. The molecule has 0 N–H and O–H groups in total. The summed E-state index contributed by atoms with van der Waals surface area (Å²) in [7, 11) is 2.20. The third-order valence-corrected chi connectivity index (χ3v) is 10.9. The highest BCUT2D eigenvalue weighted by molar-refractivity contribution is 7.17. The Morgan fingerprint density at radius 3 is 2.16 bits per heavy atom. The lowest BCUT2D eigenvalue weighted by Crippen LogP contribution is -2.15. The van der Waals surface area contributed by atoms with Crippen molar-refractivity contribution < 1.29 is 0 Å². The van der Waals surface area contributed by atoms with Gasteiger partial charge in [-0.1, -0.05) is 136 Å². The maximum absolute atomic E-state index is 5.08. The molecule has 1 aliphatic carbocycles. The molecule has 8 rings (SSSR count). The molecule has 7 aromatic rings. The second kappa shape index (κ2) is 12.9. The van der Waals surface area contributed by atoms with Gasteiger partial charge in [-0.05, 0) is 48.2 Å². The molecule has 1 radical (unpaired) electrons. The summed E-state index contributed by atoms with van der Waals surface area (Å²) in [6.07, 6.45) is 8.39. The van der Waals surface area contributed by atoms with E-state index in [0.717, 1.165) is 44.6 Å². The first-order chi connectivity index (χ1) is 24.8. The molecule has 0 saturated carbocycles. The van der Waals surface area contributed by atoms with Crippen LogP contribution in [0.5, 0.6) is 0 Å². The van der Waals surface area contributed by atoms with Crippen LogP contribution in [0.1, 0.15) is 60.0 Å². The van der Waals surface area contributed by atoms with Crippen molar-refractivity contribution in [2.24, 2.45) is 0 Å². The summed E-state index contributed by atoms with van der Waals surface area (Å²) < 4.78 is 3.40. The highest BCUT2D eigenvalue weighted by Gasteiger charge is 2.37. The molecule has 0 amide bonds. The Bertz CT molecular complexity index is 2460. The smallest absolute Gasteiger partial charge is 0.238 e. The lowest BCUT2D eigenvalue weighted by atomic mass is 9.67. The highest BCUT2D eigenvalue weighted by Crippen LogP contribution is 2.52. The van der Waals surface area contributed by atoms with E-state index < -0.39 is 0 Å². The van der Waals surface area contributed by atoms with Crippen LogP contribution in [-0.2, 0) is 5.41 Å². The van der Waals surface area contributed by atoms with Crippen LogP contribution in [-0.4, -0.2) is 31.8 Å². The molecule has 247 valence electrons. The highest BCUT2D eigenvalue weighted by atomic mass is 32.1. The van der Waals surface area contributed by atoms with Crippen molar-refractivity contribution in [3.8, 4) is 39.9 Å². The largest absolute Gasteiger partial charge is 0.282 e. The van der Waals surface area contributed by atoms with Crippen molar-refractivity contribution in [1.82, 2.24) is 24.5 Å². The predicted molar refractivity (Wildman–Crippen MR) is 216 cm³/mol. The van der Waals surface area contributed by atoms with E-state index in [1.54, 1.807) is 11.3 Å². The molecule has 0 unspecified atom stereocenters. The summed E-state index contributed by atoms with van der Waals surface area (Å²) in [4.78, 5) is 19.7. The monoisotopic (exact) mass is 678 g/mol. The van der Waals surface area contributed by atoms with Gasteiger partial charge in [0.1, 0.15) is 7.28 Å². The van der Waals surface area contributed by atoms with Gasteiger partial charge < -0.3 is 0 Å². The zero-order valence-electron chi connectivity index (χ0n) is 29.5. The van der Waals surface area contributed by atoms with Crippen LogP contribution in [0.2, 0.25) is 6.82 Å². The minimum atomic E-state index is -0.131. The number of hydrogen-bond acceptors (Lipinski definition) is 5. The Morgan fingerprint density at radius 1 is 0.843 bits per heavy atom. The van der Waals surface area contributed by atoms with E-state index in [-0.39, 0.29) is 5.41 Å². The Labute approximate surface area is 304 Å². The molecule has 51 heavy (non-hydrogen) atoms. The number of rotatable bonds is 8. The van der Waals surface area contributed by atoms with Crippen LogP contribution in [0.25, 0.3) is 73.8 Å². The third kappa shape index (κ3) is 5.40. The number of aromatic nitrogens is 5. The lowest BCUT2D eigenvalue weighted by Gasteiger charge is -2.22. The number of fused-ring (bicyclic) bond motifs is 5. The lowest BCUT2D eigenvalue weighted by molar-refractivity contribution is 0.660. The number of allylic oxidation sites excluding steroid dienone is 1. The Balaban J connectivity index is 1.30. The number of benzene rings is 4. The summed E-state index contributed by atoms with van der Waals surface area (Å²) in [5, 5.41) is 0. The summed E-state index contributed by atoms with van der Waals surface area (Å²) in [6.45, 7) is 15.2. The molecule has 0 fully saturated rings. The Kier molecular flexibility index (Phi) is 8.24. The van der Waals surface area contributed by atoms with Crippen molar-refractivity contribution in [2.45, 2.75) is 39.9 Å². The molecule has 1 aliphatic rings. The molecule has 0 atom stereocenters. The van der Waals surface area contributed by atoms with Crippen molar-refractivity contribution in [3.05, 3.63) is 148 Å². The molecular formula is C44H37BN5S. The van der Waals surface area contributed by atoms with E-state index >= 15 is 0 Å². The van der Waals surface area contributed by atoms with Gasteiger partial charge in [-0.2, -0.15) is 9.97 Å². The maximum atomic E-state index is 5.08. The van der Waals surface area contributed by atoms with Crippen LogP contribution >= 0.6 is 11.3 Å². The maximum Gasteiger partial charge on any atom is 0.238 e. The fraction of sp³-hybridized carbons (Fsp3) is 0.136. The van der Waals surface area contributed by atoms with E-state index in [4.69, 9.17) is 15.0 Å². The first kappa shape index (κ1) is 32.5. The minimum Gasteiger partial charge on any atom is -0.282 e. The van der Waals surface area contributed by atoms with Gasteiger partial charge in [-0.3, -0.25) is 4.57 Å². The fourth-order valence-electron chi connectivity index (χ4n) is 7.44. The van der Waals surface area contributed by atoms with Crippen molar-refractivity contribution >= 4 is 52.5 Å². The molecule has 0 aliphatic heterocycles. The van der Waals surface area contributed by atoms with Crippen LogP contribution in [0, 0.1) is 6.92 Å². The van der Waals surface area contributed by atoms with Crippen LogP contribution in [0.3, 0.4) is 0 Å². The van der Waals surface area contributed by atoms with Crippen LogP contribution in [0.4, 0.5) is 0 Å². The quantitative estimate of drug-likeness (QED) is 0.150. The van der Waals surface area contributed by atoms with Crippen LogP contribution < -0.4 is 0 Å². The van der Waals surface area contributed by atoms with Gasteiger partial charge in [-0.25, -0.2) is 9.97 Å². The molecule has 5 nitrogen and oxygen atoms in total. The molecule has 0 saturated heterocycles. The second-order valence-corrected chi connectivity index (χ2v) is 14.2. The number of nitrogens with zero attached hydrogens (tertiary/aromatic N) is 5. The normalized spacial score (nSPS) is 13.5. The third-order valence-electron chi connectivity index (χ3n) is 10.0. The van der Waals surface area contributed by atoms with E-state index in [0.29, 0.717) is 17.6 Å². The first-order valence-corrected chi connectivity index (χ1v) is 18.1. The fourth-order valence-corrected chi connectivity index (χ4v) is 8.29.